The molecule has 3 aromatic carbocycles. The number of hydrogen-bond donors (Lipinski definition) is 2. The molecule has 170 valence electrons. The maximum absolute atomic E-state index is 13.3. The highest BCUT2D eigenvalue weighted by molar-refractivity contribution is 5.99. The van der Waals surface area contributed by atoms with Gasteiger partial charge >= 0.3 is 6.03 Å². The van der Waals surface area contributed by atoms with Crippen LogP contribution in [-0.2, 0) is 0 Å². The van der Waals surface area contributed by atoms with Crippen molar-refractivity contribution < 1.29 is 18.4 Å². The molecule has 0 aliphatic carbocycles. The Hall–Kier alpha value is -3.94. The van der Waals surface area contributed by atoms with Gasteiger partial charge in [0.05, 0.1) is 0 Å². The lowest BCUT2D eigenvalue weighted by atomic mass is 10.1. The summed E-state index contributed by atoms with van der Waals surface area (Å²) in [4.78, 5) is 29.0. The first-order valence-electron chi connectivity index (χ1n) is 10.6. The predicted octanol–water partition coefficient (Wildman–Crippen LogP) is 4.88. The quantitative estimate of drug-likeness (QED) is 0.596. The third kappa shape index (κ3) is 5.28. The van der Waals surface area contributed by atoms with Crippen molar-refractivity contribution in [2.75, 3.05) is 41.7 Å². The highest BCUT2D eigenvalue weighted by atomic mass is 19.2. The van der Waals surface area contributed by atoms with Crippen LogP contribution in [0.15, 0.2) is 66.7 Å². The van der Waals surface area contributed by atoms with Crippen LogP contribution >= 0.6 is 0 Å². The Kier molecular flexibility index (Phi) is 6.53. The molecule has 1 aliphatic rings. The monoisotopic (exact) mass is 450 g/mol. The van der Waals surface area contributed by atoms with Crippen molar-refractivity contribution in [3.63, 3.8) is 0 Å². The number of carbonyl (C=O) groups is 2. The summed E-state index contributed by atoms with van der Waals surface area (Å²) in [5.74, 6) is -1.95. The fraction of sp³-hybridized carbons (Fsp3) is 0.200. The average Bonchev–Trinajstić information content (AvgIpc) is 2.82. The number of benzene rings is 3. The molecule has 6 nitrogen and oxygen atoms in total. The van der Waals surface area contributed by atoms with E-state index in [4.69, 9.17) is 0 Å². The first-order chi connectivity index (χ1) is 15.9. The van der Waals surface area contributed by atoms with Gasteiger partial charge in [-0.1, -0.05) is 18.2 Å². The first-order valence-corrected chi connectivity index (χ1v) is 10.6. The Balaban J connectivity index is 1.30. The van der Waals surface area contributed by atoms with Gasteiger partial charge in [-0.15, -0.1) is 0 Å². The van der Waals surface area contributed by atoms with E-state index in [1.807, 2.05) is 48.2 Å². The Bertz CT molecular complexity index is 1160. The van der Waals surface area contributed by atoms with E-state index in [-0.39, 0.29) is 11.6 Å². The van der Waals surface area contributed by atoms with Crippen molar-refractivity contribution in [2.24, 2.45) is 0 Å². The van der Waals surface area contributed by atoms with E-state index in [9.17, 15) is 18.4 Å². The number of amides is 3. The van der Waals surface area contributed by atoms with E-state index < -0.39 is 17.7 Å². The van der Waals surface area contributed by atoms with Crippen LogP contribution < -0.4 is 15.5 Å². The Morgan fingerprint density at radius 2 is 1.42 bits per heavy atom. The van der Waals surface area contributed by atoms with E-state index in [0.29, 0.717) is 31.9 Å². The second-order valence-corrected chi connectivity index (χ2v) is 7.85. The summed E-state index contributed by atoms with van der Waals surface area (Å²) in [7, 11) is 0. The van der Waals surface area contributed by atoms with Gasteiger partial charge in [-0.05, 0) is 55.0 Å². The summed E-state index contributed by atoms with van der Waals surface area (Å²) < 4.78 is 26.3. The molecular formula is C25H24F2N4O2. The van der Waals surface area contributed by atoms with Gasteiger partial charge in [-0.25, -0.2) is 13.6 Å². The number of hydrogen-bond acceptors (Lipinski definition) is 3. The zero-order valence-electron chi connectivity index (χ0n) is 18.1. The van der Waals surface area contributed by atoms with Gasteiger partial charge < -0.3 is 20.4 Å². The molecule has 1 heterocycles. The lowest BCUT2D eigenvalue weighted by molar-refractivity contribution is 0.0746. The first kappa shape index (κ1) is 22.3. The van der Waals surface area contributed by atoms with Gasteiger partial charge in [0.1, 0.15) is 0 Å². The molecule has 1 fully saturated rings. The second kappa shape index (κ2) is 9.68. The van der Waals surface area contributed by atoms with Crippen molar-refractivity contribution in [1.82, 2.24) is 4.90 Å². The number of aryl methyl sites for hydroxylation is 1. The van der Waals surface area contributed by atoms with Crippen molar-refractivity contribution in [3.05, 3.63) is 89.5 Å². The third-order valence-electron chi connectivity index (χ3n) is 5.61. The molecule has 1 saturated heterocycles. The molecule has 0 radical (unpaired) electrons. The molecule has 8 heteroatoms. The maximum Gasteiger partial charge on any atom is 0.323 e. The largest absolute Gasteiger partial charge is 0.368 e. The van der Waals surface area contributed by atoms with E-state index in [2.05, 4.69) is 15.5 Å². The number of carbonyl (C=O) groups excluding carboxylic acids is 2. The fourth-order valence-electron chi connectivity index (χ4n) is 3.77. The molecule has 33 heavy (non-hydrogen) atoms. The molecular weight excluding hydrogens is 426 g/mol. The zero-order valence-corrected chi connectivity index (χ0v) is 18.1. The molecule has 0 saturated carbocycles. The van der Waals surface area contributed by atoms with Crippen molar-refractivity contribution >= 4 is 29.0 Å². The minimum absolute atomic E-state index is 0.0550. The highest BCUT2D eigenvalue weighted by Gasteiger charge is 2.23. The standard InChI is InChI=1S/C25H24F2N4O2/c1-17-4-2-3-5-21(17)24(32)31-14-12-30(13-15-31)20-9-6-18(7-10-20)28-25(33)29-19-8-11-22(26)23(27)16-19/h2-11,16H,12-15H2,1H3,(H2,28,29,33). The van der Waals surface area contributed by atoms with Crippen LogP contribution in [0.3, 0.4) is 0 Å². The SMILES string of the molecule is Cc1ccccc1C(=O)N1CCN(c2ccc(NC(=O)Nc3ccc(F)c(F)c3)cc2)CC1. The lowest BCUT2D eigenvalue weighted by Gasteiger charge is -2.36. The van der Waals surface area contributed by atoms with E-state index in [0.717, 1.165) is 28.9 Å². The molecule has 0 atom stereocenters. The lowest BCUT2D eigenvalue weighted by Crippen LogP contribution is -2.48. The summed E-state index contributed by atoms with van der Waals surface area (Å²) in [6, 6.07) is 17.5. The van der Waals surface area contributed by atoms with Crippen molar-refractivity contribution in [3.8, 4) is 0 Å². The number of halogens is 2. The van der Waals surface area contributed by atoms with Gasteiger partial charge in [-0.2, -0.15) is 0 Å². The second-order valence-electron chi connectivity index (χ2n) is 7.85. The zero-order chi connectivity index (χ0) is 23.4. The van der Waals surface area contributed by atoms with Gasteiger partial charge in [0.15, 0.2) is 11.6 Å². The molecule has 3 amide bonds. The molecule has 0 unspecified atom stereocenters. The Morgan fingerprint density at radius 1 is 0.788 bits per heavy atom. The number of nitrogens with one attached hydrogen (secondary N) is 2. The summed E-state index contributed by atoms with van der Waals surface area (Å²) in [5, 5.41) is 5.13. The normalized spacial score (nSPS) is 13.5. The molecule has 2 N–H and O–H groups in total. The molecule has 0 aromatic heterocycles. The molecule has 3 aromatic rings. The number of piperazine rings is 1. The summed E-state index contributed by atoms with van der Waals surface area (Å²) in [6.45, 7) is 4.62. The number of rotatable bonds is 4. The number of urea groups is 1. The van der Waals surface area contributed by atoms with Crippen molar-refractivity contribution in [1.29, 1.82) is 0 Å². The van der Waals surface area contributed by atoms with Gasteiger partial charge in [0.2, 0.25) is 0 Å². The molecule has 4 rings (SSSR count). The summed E-state index contributed by atoms with van der Waals surface area (Å²) >= 11 is 0. The average molecular weight is 450 g/mol. The van der Waals surface area contributed by atoms with Crippen LogP contribution in [0.1, 0.15) is 15.9 Å². The summed E-state index contributed by atoms with van der Waals surface area (Å²) in [5.41, 5.74) is 3.42. The van der Waals surface area contributed by atoms with Gasteiger partial charge in [0.25, 0.3) is 5.91 Å². The maximum atomic E-state index is 13.3. The topological polar surface area (TPSA) is 64.7 Å². The number of anilines is 3. The van der Waals surface area contributed by atoms with E-state index in [1.165, 1.54) is 6.07 Å². The Morgan fingerprint density at radius 3 is 2.09 bits per heavy atom. The van der Waals surface area contributed by atoms with Crippen LogP contribution in [0.5, 0.6) is 0 Å². The van der Waals surface area contributed by atoms with E-state index >= 15 is 0 Å². The van der Waals surface area contributed by atoms with Gasteiger partial charge in [0, 0.05) is 54.9 Å². The van der Waals surface area contributed by atoms with Crippen LogP contribution in [0.2, 0.25) is 0 Å². The van der Waals surface area contributed by atoms with Gasteiger partial charge in [-0.3, -0.25) is 4.79 Å². The Labute approximate surface area is 190 Å². The third-order valence-corrected chi connectivity index (χ3v) is 5.61. The minimum Gasteiger partial charge on any atom is -0.368 e. The molecule has 1 aliphatic heterocycles. The van der Waals surface area contributed by atoms with Crippen LogP contribution in [0, 0.1) is 18.6 Å². The molecule has 0 spiro atoms. The summed E-state index contributed by atoms with van der Waals surface area (Å²) in [6.07, 6.45) is 0. The number of nitrogens with zero attached hydrogens (tertiary/aromatic N) is 2. The van der Waals surface area contributed by atoms with Crippen LogP contribution in [0.4, 0.5) is 30.6 Å². The predicted molar refractivity (Wildman–Crippen MR) is 125 cm³/mol. The fourth-order valence-corrected chi connectivity index (χ4v) is 3.77. The van der Waals surface area contributed by atoms with Crippen molar-refractivity contribution in [2.45, 2.75) is 6.92 Å². The minimum atomic E-state index is -1.03. The van der Waals surface area contributed by atoms with Crippen LogP contribution in [-0.4, -0.2) is 43.0 Å². The van der Waals surface area contributed by atoms with Crippen LogP contribution in [0.25, 0.3) is 0 Å². The van der Waals surface area contributed by atoms with E-state index in [1.54, 1.807) is 12.1 Å². The molecule has 0 bridgehead atoms. The highest BCUT2D eigenvalue weighted by Crippen LogP contribution is 2.21. The smallest absolute Gasteiger partial charge is 0.323 e.